The Morgan fingerprint density at radius 3 is 2.48 bits per heavy atom. The van der Waals surface area contributed by atoms with Crippen LogP contribution in [0, 0.1) is 13.8 Å². The van der Waals surface area contributed by atoms with E-state index < -0.39 is 5.69 Å². The number of likely N-dealkylation sites (N-methyl/N-ethyl adjacent to an activating group) is 1. The summed E-state index contributed by atoms with van der Waals surface area (Å²) in [6.45, 7) is 3.49. The molecule has 0 atom stereocenters. The Bertz CT molecular complexity index is 719. The van der Waals surface area contributed by atoms with Crippen molar-refractivity contribution in [2.45, 2.75) is 20.4 Å². The Morgan fingerprint density at radius 2 is 1.90 bits per heavy atom. The zero-order chi connectivity index (χ0) is 15.6. The Balaban J connectivity index is 2.22. The second-order valence-corrected chi connectivity index (χ2v) is 4.95. The maximum absolute atomic E-state index is 12.3. The Morgan fingerprint density at radius 1 is 1.29 bits per heavy atom. The van der Waals surface area contributed by atoms with Crippen LogP contribution < -0.4 is 16.3 Å². The number of hydrogen-bond acceptors (Lipinski definition) is 4. The number of aromatic nitrogens is 2. The van der Waals surface area contributed by atoms with E-state index in [4.69, 9.17) is 5.73 Å². The van der Waals surface area contributed by atoms with Crippen molar-refractivity contribution < 1.29 is 4.79 Å². The molecule has 0 bridgehead atoms. The second-order valence-electron chi connectivity index (χ2n) is 4.95. The van der Waals surface area contributed by atoms with E-state index in [-0.39, 0.29) is 12.5 Å². The molecule has 1 heterocycles. The summed E-state index contributed by atoms with van der Waals surface area (Å²) in [6, 6.07) is 8.75. The first kappa shape index (κ1) is 14.8. The summed E-state index contributed by atoms with van der Waals surface area (Å²) < 4.78 is 1.36. The first-order valence-corrected chi connectivity index (χ1v) is 6.55. The van der Waals surface area contributed by atoms with Crippen LogP contribution in [0.15, 0.2) is 35.1 Å². The van der Waals surface area contributed by atoms with Crippen molar-refractivity contribution in [1.82, 2.24) is 9.55 Å². The van der Waals surface area contributed by atoms with Gasteiger partial charge in [0.25, 0.3) is 0 Å². The molecule has 6 nitrogen and oxygen atoms in total. The monoisotopic (exact) mass is 286 g/mol. The number of rotatable bonds is 3. The van der Waals surface area contributed by atoms with Crippen molar-refractivity contribution in [3.05, 3.63) is 52.2 Å². The molecule has 0 unspecified atom stereocenters. The minimum atomic E-state index is -0.411. The van der Waals surface area contributed by atoms with E-state index in [1.807, 2.05) is 0 Å². The first-order valence-electron chi connectivity index (χ1n) is 6.55. The molecular weight excluding hydrogens is 268 g/mol. The van der Waals surface area contributed by atoms with Crippen molar-refractivity contribution in [2.24, 2.45) is 0 Å². The zero-order valence-corrected chi connectivity index (χ0v) is 12.3. The number of nitrogens with zero attached hydrogens (tertiary/aromatic N) is 3. The predicted molar refractivity (Wildman–Crippen MR) is 82.2 cm³/mol. The van der Waals surface area contributed by atoms with Gasteiger partial charge in [0.05, 0.1) is 0 Å². The van der Waals surface area contributed by atoms with Gasteiger partial charge in [-0.05, 0) is 44.2 Å². The predicted octanol–water partition coefficient (Wildman–Crippen LogP) is 1.11. The number of amides is 1. The molecule has 0 aliphatic carbocycles. The molecule has 2 N–H and O–H groups in total. The smallest absolute Gasteiger partial charge is 0.348 e. The Labute approximate surface area is 122 Å². The molecule has 1 aromatic heterocycles. The van der Waals surface area contributed by atoms with Gasteiger partial charge in [-0.2, -0.15) is 4.98 Å². The van der Waals surface area contributed by atoms with Crippen molar-refractivity contribution in [3.63, 3.8) is 0 Å². The standard InChI is InChI=1S/C15H18N4O2/c1-10-8-11(2)19(15(21)17-10)9-14(20)18(3)13-6-4-12(16)5-7-13/h4-8H,9,16H2,1-3H3. The van der Waals surface area contributed by atoms with Crippen LogP contribution in [0.2, 0.25) is 0 Å². The summed E-state index contributed by atoms with van der Waals surface area (Å²) in [5, 5.41) is 0. The third kappa shape index (κ3) is 3.28. The number of benzene rings is 1. The van der Waals surface area contributed by atoms with Gasteiger partial charge in [-0.1, -0.05) is 0 Å². The van der Waals surface area contributed by atoms with Gasteiger partial charge in [0.1, 0.15) is 6.54 Å². The number of nitrogens with two attached hydrogens (primary N) is 1. The van der Waals surface area contributed by atoms with Gasteiger partial charge >= 0.3 is 5.69 Å². The van der Waals surface area contributed by atoms with E-state index in [2.05, 4.69) is 4.98 Å². The lowest BCUT2D eigenvalue weighted by atomic mass is 10.2. The van der Waals surface area contributed by atoms with E-state index in [1.165, 1.54) is 9.47 Å². The molecule has 0 saturated carbocycles. The summed E-state index contributed by atoms with van der Waals surface area (Å²) in [5.74, 6) is -0.198. The van der Waals surface area contributed by atoms with Crippen LogP contribution in [0.5, 0.6) is 0 Å². The highest BCUT2D eigenvalue weighted by molar-refractivity contribution is 5.92. The lowest BCUT2D eigenvalue weighted by molar-refractivity contribution is -0.119. The van der Waals surface area contributed by atoms with Gasteiger partial charge in [-0.25, -0.2) is 4.79 Å². The Hall–Kier alpha value is -2.63. The van der Waals surface area contributed by atoms with Gasteiger partial charge in [0, 0.05) is 29.8 Å². The van der Waals surface area contributed by atoms with Crippen LogP contribution in [0.3, 0.4) is 0 Å². The summed E-state index contributed by atoms with van der Waals surface area (Å²) in [7, 11) is 1.66. The minimum Gasteiger partial charge on any atom is -0.399 e. The summed E-state index contributed by atoms with van der Waals surface area (Å²) in [5.41, 5.74) is 7.93. The normalized spacial score (nSPS) is 10.4. The lowest BCUT2D eigenvalue weighted by Crippen LogP contribution is -2.35. The quantitative estimate of drug-likeness (QED) is 0.857. The summed E-state index contributed by atoms with van der Waals surface area (Å²) >= 11 is 0. The SMILES string of the molecule is Cc1cc(C)n(CC(=O)N(C)c2ccc(N)cc2)c(=O)n1. The van der Waals surface area contributed by atoms with E-state index in [0.717, 1.165) is 5.69 Å². The van der Waals surface area contributed by atoms with Crippen LogP contribution in [0.1, 0.15) is 11.4 Å². The van der Waals surface area contributed by atoms with Crippen LogP contribution in [0.4, 0.5) is 11.4 Å². The molecule has 0 aliphatic heterocycles. The largest absolute Gasteiger partial charge is 0.399 e. The molecule has 0 saturated heterocycles. The molecule has 2 rings (SSSR count). The number of hydrogen-bond donors (Lipinski definition) is 1. The van der Waals surface area contributed by atoms with Gasteiger partial charge in [-0.3, -0.25) is 9.36 Å². The Kier molecular flexibility index (Phi) is 4.07. The highest BCUT2D eigenvalue weighted by Gasteiger charge is 2.14. The fourth-order valence-electron chi connectivity index (χ4n) is 2.05. The molecule has 1 amide bonds. The fourth-order valence-corrected chi connectivity index (χ4v) is 2.05. The minimum absolute atomic E-state index is 0.0428. The van der Waals surface area contributed by atoms with Gasteiger partial charge in [-0.15, -0.1) is 0 Å². The molecule has 0 spiro atoms. The summed E-state index contributed by atoms with van der Waals surface area (Å²) in [4.78, 5) is 29.5. The number of carbonyl (C=O) groups excluding carboxylic acids is 1. The third-order valence-corrected chi connectivity index (χ3v) is 3.29. The maximum Gasteiger partial charge on any atom is 0.348 e. The van der Waals surface area contributed by atoms with Crippen LogP contribution in [-0.2, 0) is 11.3 Å². The average Bonchev–Trinajstić information content (AvgIpc) is 2.42. The zero-order valence-electron chi connectivity index (χ0n) is 12.3. The second kappa shape index (κ2) is 5.78. The first-order chi connectivity index (χ1) is 9.88. The number of anilines is 2. The molecule has 21 heavy (non-hydrogen) atoms. The topological polar surface area (TPSA) is 81.2 Å². The number of nitrogen functional groups attached to an aromatic ring is 1. The molecule has 0 radical (unpaired) electrons. The van der Waals surface area contributed by atoms with Crippen molar-refractivity contribution >= 4 is 17.3 Å². The molecule has 110 valence electrons. The third-order valence-electron chi connectivity index (χ3n) is 3.29. The fraction of sp³-hybridized carbons (Fsp3) is 0.267. The molecular formula is C15H18N4O2. The maximum atomic E-state index is 12.3. The number of aryl methyl sites for hydroxylation is 2. The van der Waals surface area contributed by atoms with Crippen LogP contribution in [0.25, 0.3) is 0 Å². The van der Waals surface area contributed by atoms with E-state index in [0.29, 0.717) is 17.1 Å². The molecule has 1 aromatic carbocycles. The van der Waals surface area contributed by atoms with Crippen molar-refractivity contribution in [3.8, 4) is 0 Å². The van der Waals surface area contributed by atoms with Crippen LogP contribution >= 0.6 is 0 Å². The van der Waals surface area contributed by atoms with Gasteiger partial charge in [0.15, 0.2) is 0 Å². The van der Waals surface area contributed by atoms with Crippen molar-refractivity contribution in [2.75, 3.05) is 17.7 Å². The molecule has 6 heteroatoms. The van der Waals surface area contributed by atoms with Gasteiger partial charge in [0.2, 0.25) is 5.91 Å². The molecule has 0 fully saturated rings. The van der Waals surface area contributed by atoms with E-state index in [9.17, 15) is 9.59 Å². The van der Waals surface area contributed by atoms with Gasteiger partial charge < -0.3 is 10.6 Å². The molecule has 2 aromatic rings. The average molecular weight is 286 g/mol. The van der Waals surface area contributed by atoms with Crippen LogP contribution in [-0.4, -0.2) is 22.5 Å². The van der Waals surface area contributed by atoms with E-state index >= 15 is 0 Å². The lowest BCUT2D eigenvalue weighted by Gasteiger charge is -2.19. The molecule has 0 aliphatic rings. The number of carbonyl (C=O) groups is 1. The van der Waals surface area contributed by atoms with E-state index in [1.54, 1.807) is 51.2 Å². The highest BCUT2D eigenvalue weighted by Crippen LogP contribution is 2.15. The highest BCUT2D eigenvalue weighted by atomic mass is 16.2. The summed E-state index contributed by atoms with van der Waals surface area (Å²) in [6.07, 6.45) is 0. The van der Waals surface area contributed by atoms with Crippen molar-refractivity contribution in [1.29, 1.82) is 0 Å².